The van der Waals surface area contributed by atoms with Gasteiger partial charge in [0.1, 0.15) is 12.1 Å². The van der Waals surface area contributed by atoms with Gasteiger partial charge in [-0.3, -0.25) is 0 Å². The van der Waals surface area contributed by atoms with Gasteiger partial charge in [0.25, 0.3) is 0 Å². The van der Waals surface area contributed by atoms with Gasteiger partial charge in [0.2, 0.25) is 0 Å². The first kappa shape index (κ1) is 10.3. The number of nitrogens with zero attached hydrogens (tertiary/aromatic N) is 3. The molecule has 0 radical (unpaired) electrons. The molecule has 1 atom stereocenters. The molecule has 1 unspecified atom stereocenters. The lowest BCUT2D eigenvalue weighted by molar-refractivity contribution is 0.578. The molecular weight excluding hydrogens is 222 g/mol. The van der Waals surface area contributed by atoms with Gasteiger partial charge in [-0.1, -0.05) is 0 Å². The first-order valence-electron chi connectivity index (χ1n) is 6.06. The lowest BCUT2D eigenvalue weighted by Crippen LogP contribution is -2.37. The van der Waals surface area contributed by atoms with E-state index in [1.54, 1.807) is 6.33 Å². The smallest absolute Gasteiger partial charge is 0.135 e. The van der Waals surface area contributed by atoms with E-state index >= 15 is 0 Å². The summed E-state index contributed by atoms with van der Waals surface area (Å²) in [7, 11) is 0. The molecule has 0 amide bonds. The van der Waals surface area contributed by atoms with Gasteiger partial charge in [0.05, 0.1) is 5.38 Å². The van der Waals surface area contributed by atoms with Crippen LogP contribution in [0, 0.1) is 0 Å². The zero-order valence-corrected chi connectivity index (χ0v) is 10.1. The van der Waals surface area contributed by atoms with E-state index in [2.05, 4.69) is 14.9 Å². The van der Waals surface area contributed by atoms with Crippen molar-refractivity contribution in [3.63, 3.8) is 0 Å². The maximum atomic E-state index is 6.23. The maximum Gasteiger partial charge on any atom is 0.135 e. The van der Waals surface area contributed by atoms with Gasteiger partial charge in [-0.25, -0.2) is 9.97 Å². The van der Waals surface area contributed by atoms with Crippen molar-refractivity contribution in [3.8, 4) is 0 Å². The lowest BCUT2D eigenvalue weighted by atomic mass is 10.1. The second kappa shape index (κ2) is 4.21. The molecule has 1 aliphatic carbocycles. The van der Waals surface area contributed by atoms with E-state index in [0.717, 1.165) is 38.2 Å². The van der Waals surface area contributed by atoms with Crippen LogP contribution in [0.15, 0.2) is 6.33 Å². The molecule has 1 saturated heterocycles. The van der Waals surface area contributed by atoms with Crippen LogP contribution in [0.3, 0.4) is 0 Å². The Balaban J connectivity index is 1.91. The number of anilines is 1. The Morgan fingerprint density at radius 1 is 1.25 bits per heavy atom. The number of alkyl halides is 1. The number of hydrogen-bond donors (Lipinski definition) is 0. The van der Waals surface area contributed by atoms with E-state index in [4.69, 9.17) is 11.6 Å². The van der Waals surface area contributed by atoms with Crippen LogP contribution in [-0.2, 0) is 12.8 Å². The highest BCUT2D eigenvalue weighted by molar-refractivity contribution is 6.21. The van der Waals surface area contributed by atoms with Crippen molar-refractivity contribution >= 4 is 17.4 Å². The number of hydrogen-bond acceptors (Lipinski definition) is 3. The predicted molar refractivity (Wildman–Crippen MR) is 65.1 cm³/mol. The highest BCUT2D eigenvalue weighted by Gasteiger charge is 2.24. The third-order valence-electron chi connectivity index (χ3n) is 3.52. The molecular formula is C12H16ClN3. The Morgan fingerprint density at radius 3 is 3.06 bits per heavy atom. The average Bonchev–Trinajstić information content (AvgIpc) is 2.76. The second-order valence-electron chi connectivity index (χ2n) is 4.66. The summed E-state index contributed by atoms with van der Waals surface area (Å²) in [4.78, 5) is 11.2. The number of halogens is 1. The minimum atomic E-state index is 0.278. The van der Waals surface area contributed by atoms with Crippen molar-refractivity contribution in [1.29, 1.82) is 0 Å². The van der Waals surface area contributed by atoms with Gasteiger partial charge in [-0.2, -0.15) is 0 Å². The van der Waals surface area contributed by atoms with Gasteiger partial charge in [0, 0.05) is 24.3 Å². The first-order valence-corrected chi connectivity index (χ1v) is 6.50. The third-order valence-corrected chi connectivity index (χ3v) is 3.87. The van der Waals surface area contributed by atoms with E-state index in [1.165, 1.54) is 24.1 Å². The van der Waals surface area contributed by atoms with E-state index < -0.39 is 0 Å². The van der Waals surface area contributed by atoms with Crippen LogP contribution in [0.5, 0.6) is 0 Å². The van der Waals surface area contributed by atoms with Crippen LogP contribution in [0.2, 0.25) is 0 Å². The van der Waals surface area contributed by atoms with Gasteiger partial charge in [-0.05, 0) is 32.1 Å². The summed E-state index contributed by atoms with van der Waals surface area (Å²) in [5.74, 6) is 1.15. The molecule has 4 heteroatoms. The average molecular weight is 238 g/mol. The Bertz CT molecular complexity index is 394. The first-order chi connectivity index (χ1) is 7.84. The molecule has 1 aliphatic heterocycles. The summed E-state index contributed by atoms with van der Waals surface area (Å²) in [5, 5.41) is 0.278. The van der Waals surface area contributed by atoms with Crippen LogP contribution in [0.1, 0.15) is 30.5 Å². The molecule has 1 fully saturated rings. The predicted octanol–water partition coefficient (Wildman–Crippen LogP) is 2.17. The molecule has 3 nitrogen and oxygen atoms in total. The molecule has 0 spiro atoms. The zero-order chi connectivity index (χ0) is 11.0. The third kappa shape index (κ3) is 1.77. The van der Waals surface area contributed by atoms with Crippen molar-refractivity contribution < 1.29 is 0 Å². The maximum absolute atomic E-state index is 6.23. The normalized spacial score (nSPS) is 24.6. The molecule has 16 heavy (non-hydrogen) atoms. The highest BCUT2D eigenvalue weighted by Crippen LogP contribution is 2.30. The Kier molecular flexibility index (Phi) is 2.72. The van der Waals surface area contributed by atoms with Crippen LogP contribution < -0.4 is 4.90 Å². The summed E-state index contributed by atoms with van der Waals surface area (Å²) < 4.78 is 0. The summed E-state index contributed by atoms with van der Waals surface area (Å²) >= 11 is 6.23. The number of aryl methyl sites for hydroxylation is 1. The Morgan fingerprint density at radius 2 is 2.19 bits per heavy atom. The van der Waals surface area contributed by atoms with Gasteiger partial charge >= 0.3 is 0 Å². The van der Waals surface area contributed by atoms with Crippen LogP contribution in [0.25, 0.3) is 0 Å². The number of aromatic nitrogens is 2. The summed E-state index contributed by atoms with van der Waals surface area (Å²) in [5.41, 5.74) is 2.62. The quantitative estimate of drug-likeness (QED) is 0.701. The number of fused-ring (bicyclic) bond motifs is 1. The monoisotopic (exact) mass is 237 g/mol. The summed E-state index contributed by atoms with van der Waals surface area (Å²) in [6.07, 6.45) is 7.48. The Labute approximate surface area is 101 Å². The lowest BCUT2D eigenvalue weighted by Gasteiger charge is -2.31. The Hall–Kier alpha value is -0.830. The van der Waals surface area contributed by atoms with Crippen molar-refractivity contribution in [1.82, 2.24) is 9.97 Å². The van der Waals surface area contributed by atoms with Crippen LogP contribution >= 0.6 is 11.6 Å². The van der Waals surface area contributed by atoms with E-state index in [9.17, 15) is 0 Å². The standard InChI is InChI=1S/C12H16ClN3/c13-9-3-2-6-16(7-9)12-10-4-1-5-11(10)14-8-15-12/h8-9H,1-7H2. The fourth-order valence-electron chi connectivity index (χ4n) is 2.73. The highest BCUT2D eigenvalue weighted by atomic mass is 35.5. The molecule has 1 aromatic heterocycles. The zero-order valence-electron chi connectivity index (χ0n) is 9.32. The number of rotatable bonds is 1. The minimum absolute atomic E-state index is 0.278. The molecule has 0 aromatic carbocycles. The van der Waals surface area contributed by atoms with Gasteiger partial charge in [0.15, 0.2) is 0 Å². The summed E-state index contributed by atoms with van der Waals surface area (Å²) in [6, 6.07) is 0. The van der Waals surface area contributed by atoms with Crippen molar-refractivity contribution in [2.24, 2.45) is 0 Å². The number of piperidine rings is 1. The molecule has 1 aromatic rings. The molecule has 86 valence electrons. The van der Waals surface area contributed by atoms with Crippen LogP contribution in [-0.4, -0.2) is 28.4 Å². The van der Waals surface area contributed by atoms with Gasteiger partial charge < -0.3 is 4.90 Å². The molecule has 2 heterocycles. The van der Waals surface area contributed by atoms with E-state index in [0.29, 0.717) is 0 Å². The molecule has 0 bridgehead atoms. The SMILES string of the molecule is ClC1CCCN(c2ncnc3c2CCC3)C1. The van der Waals surface area contributed by atoms with Gasteiger partial charge in [-0.15, -0.1) is 11.6 Å². The topological polar surface area (TPSA) is 29.0 Å². The fourth-order valence-corrected chi connectivity index (χ4v) is 3.05. The van der Waals surface area contributed by atoms with E-state index in [1.807, 2.05) is 0 Å². The van der Waals surface area contributed by atoms with Crippen molar-refractivity contribution in [3.05, 3.63) is 17.6 Å². The molecule has 0 N–H and O–H groups in total. The minimum Gasteiger partial charge on any atom is -0.355 e. The molecule has 0 saturated carbocycles. The summed E-state index contributed by atoms with van der Waals surface area (Å²) in [6.45, 7) is 2.03. The fraction of sp³-hybridized carbons (Fsp3) is 0.667. The van der Waals surface area contributed by atoms with Crippen LogP contribution in [0.4, 0.5) is 5.82 Å². The van der Waals surface area contributed by atoms with Crippen molar-refractivity contribution in [2.75, 3.05) is 18.0 Å². The molecule has 2 aliphatic rings. The van der Waals surface area contributed by atoms with E-state index in [-0.39, 0.29) is 5.38 Å². The largest absolute Gasteiger partial charge is 0.355 e. The second-order valence-corrected chi connectivity index (χ2v) is 5.28. The molecule has 3 rings (SSSR count). The van der Waals surface area contributed by atoms with Crippen molar-refractivity contribution in [2.45, 2.75) is 37.5 Å².